The van der Waals surface area contributed by atoms with Gasteiger partial charge in [0.2, 0.25) is 0 Å². The molecule has 2 N–H and O–H groups in total. The number of fused-ring (bicyclic) bond motifs is 1. The lowest BCUT2D eigenvalue weighted by molar-refractivity contribution is -0.148. The number of guanidine groups is 1. The Morgan fingerprint density at radius 3 is 2.63 bits per heavy atom. The number of imidazole rings is 1. The van der Waals surface area contributed by atoms with Crippen molar-refractivity contribution < 1.29 is 13.2 Å². The van der Waals surface area contributed by atoms with Crippen LogP contribution in [-0.2, 0) is 6.42 Å². The molecular formula is C21H31F3N6. The second kappa shape index (κ2) is 10.1. The number of nitrogens with one attached hydrogen (secondary N) is 2. The topological polar surface area (TPSA) is 57.0 Å². The molecule has 1 aliphatic rings. The number of rotatable bonds is 7. The van der Waals surface area contributed by atoms with Crippen LogP contribution < -0.4 is 10.6 Å². The van der Waals surface area contributed by atoms with Gasteiger partial charge in [-0.05, 0) is 56.8 Å². The summed E-state index contributed by atoms with van der Waals surface area (Å²) in [6.45, 7) is 3.79. The van der Waals surface area contributed by atoms with E-state index in [1.807, 2.05) is 22.9 Å². The first-order valence-corrected chi connectivity index (χ1v) is 10.5. The first-order chi connectivity index (χ1) is 14.3. The fourth-order valence-electron chi connectivity index (χ4n) is 3.94. The highest BCUT2D eigenvalue weighted by Crippen LogP contribution is 2.23. The molecule has 0 amide bonds. The van der Waals surface area contributed by atoms with Crippen LogP contribution in [0.2, 0.25) is 0 Å². The molecular weight excluding hydrogens is 393 g/mol. The standard InChI is InChI=1S/C21H31F3N6/c1-16-4-3-11-30-14-18(28-19(16)30)6-10-27-20(25-2)26-9-5-17-7-12-29(13-8-17)15-21(22,23)24/h3-4,11,14,17H,5-10,12-13,15H2,1-2H3,(H2,25,26,27). The maximum absolute atomic E-state index is 12.5. The Morgan fingerprint density at radius 2 is 1.97 bits per heavy atom. The monoisotopic (exact) mass is 424 g/mol. The first kappa shape index (κ1) is 22.4. The van der Waals surface area contributed by atoms with Gasteiger partial charge in [0.15, 0.2) is 5.96 Å². The zero-order valence-corrected chi connectivity index (χ0v) is 17.7. The maximum Gasteiger partial charge on any atom is 0.401 e. The molecule has 3 rings (SSSR count). The molecule has 1 saturated heterocycles. The summed E-state index contributed by atoms with van der Waals surface area (Å²) in [6.07, 6.45) is 3.31. The number of alkyl halides is 3. The maximum atomic E-state index is 12.5. The number of hydrogen-bond donors (Lipinski definition) is 2. The van der Waals surface area contributed by atoms with Crippen molar-refractivity contribution in [2.45, 2.75) is 38.8 Å². The summed E-state index contributed by atoms with van der Waals surface area (Å²) in [4.78, 5) is 10.4. The van der Waals surface area contributed by atoms with Crippen LogP contribution in [0.15, 0.2) is 29.5 Å². The van der Waals surface area contributed by atoms with Gasteiger partial charge >= 0.3 is 6.18 Å². The Hall–Kier alpha value is -2.29. The van der Waals surface area contributed by atoms with E-state index in [0.29, 0.717) is 19.0 Å². The first-order valence-electron chi connectivity index (χ1n) is 10.5. The smallest absolute Gasteiger partial charge is 0.356 e. The fraction of sp³-hybridized carbons (Fsp3) is 0.619. The average Bonchev–Trinajstić information content (AvgIpc) is 3.11. The summed E-state index contributed by atoms with van der Waals surface area (Å²) < 4.78 is 39.5. The molecule has 1 fully saturated rings. The minimum atomic E-state index is -4.10. The molecule has 166 valence electrons. The predicted molar refractivity (Wildman–Crippen MR) is 113 cm³/mol. The lowest BCUT2D eigenvalue weighted by Gasteiger charge is -2.32. The van der Waals surface area contributed by atoms with Crippen LogP contribution in [0.3, 0.4) is 0 Å². The van der Waals surface area contributed by atoms with Gasteiger partial charge in [-0.1, -0.05) is 6.07 Å². The minimum absolute atomic E-state index is 0.460. The van der Waals surface area contributed by atoms with Crippen LogP contribution in [0.5, 0.6) is 0 Å². The molecule has 9 heteroatoms. The Kier molecular flexibility index (Phi) is 7.58. The number of hydrogen-bond acceptors (Lipinski definition) is 3. The van der Waals surface area contributed by atoms with Crippen LogP contribution in [0, 0.1) is 12.8 Å². The van der Waals surface area contributed by atoms with Crippen molar-refractivity contribution >= 4 is 11.6 Å². The van der Waals surface area contributed by atoms with Crippen molar-refractivity contribution in [1.29, 1.82) is 0 Å². The molecule has 0 radical (unpaired) electrons. The van der Waals surface area contributed by atoms with E-state index in [1.54, 1.807) is 7.05 Å². The summed E-state index contributed by atoms with van der Waals surface area (Å²) in [5.41, 5.74) is 3.16. The summed E-state index contributed by atoms with van der Waals surface area (Å²) >= 11 is 0. The van der Waals surface area contributed by atoms with Crippen LogP contribution in [0.4, 0.5) is 13.2 Å². The van der Waals surface area contributed by atoms with E-state index in [2.05, 4.69) is 33.6 Å². The number of likely N-dealkylation sites (tertiary alicyclic amines) is 1. The number of nitrogens with zero attached hydrogens (tertiary/aromatic N) is 4. The molecule has 0 saturated carbocycles. The van der Waals surface area contributed by atoms with Gasteiger partial charge < -0.3 is 15.0 Å². The Morgan fingerprint density at radius 1 is 1.23 bits per heavy atom. The SMILES string of the molecule is CN=C(NCCc1cn2cccc(C)c2n1)NCCC1CCN(CC(F)(F)F)CC1. The molecule has 3 heterocycles. The third-order valence-corrected chi connectivity index (χ3v) is 5.58. The van der Waals surface area contributed by atoms with E-state index in [9.17, 15) is 13.2 Å². The number of piperidine rings is 1. The largest absolute Gasteiger partial charge is 0.401 e. The number of aryl methyl sites for hydroxylation is 1. The number of halogens is 3. The van der Waals surface area contributed by atoms with Crippen molar-refractivity contribution in [3.8, 4) is 0 Å². The zero-order valence-electron chi connectivity index (χ0n) is 17.7. The van der Waals surface area contributed by atoms with Crippen molar-refractivity contribution in [3.05, 3.63) is 35.8 Å². The molecule has 6 nitrogen and oxygen atoms in total. The van der Waals surface area contributed by atoms with Crippen LogP contribution in [0.1, 0.15) is 30.5 Å². The second-order valence-corrected chi connectivity index (χ2v) is 7.95. The van der Waals surface area contributed by atoms with Gasteiger partial charge in [-0.25, -0.2) is 4.98 Å². The van der Waals surface area contributed by atoms with Crippen molar-refractivity contribution in [3.63, 3.8) is 0 Å². The van der Waals surface area contributed by atoms with E-state index in [4.69, 9.17) is 0 Å². The van der Waals surface area contributed by atoms with E-state index >= 15 is 0 Å². The van der Waals surface area contributed by atoms with Crippen LogP contribution in [-0.4, -0.2) is 66.2 Å². The van der Waals surface area contributed by atoms with Gasteiger partial charge in [0, 0.05) is 39.0 Å². The second-order valence-electron chi connectivity index (χ2n) is 7.95. The highest BCUT2D eigenvalue weighted by atomic mass is 19.4. The molecule has 1 aliphatic heterocycles. The molecule has 2 aromatic rings. The summed E-state index contributed by atoms with van der Waals surface area (Å²) in [6, 6.07) is 4.06. The quantitative estimate of drug-likeness (QED) is 0.530. The Balaban J connectivity index is 1.34. The summed E-state index contributed by atoms with van der Waals surface area (Å²) in [5, 5.41) is 6.61. The van der Waals surface area contributed by atoms with E-state index in [1.165, 1.54) is 4.90 Å². The minimum Gasteiger partial charge on any atom is -0.356 e. The van der Waals surface area contributed by atoms with Gasteiger partial charge in [0.1, 0.15) is 5.65 Å². The van der Waals surface area contributed by atoms with E-state index < -0.39 is 12.7 Å². The molecule has 30 heavy (non-hydrogen) atoms. The predicted octanol–water partition coefficient (Wildman–Crippen LogP) is 3.01. The lowest BCUT2D eigenvalue weighted by Crippen LogP contribution is -2.42. The van der Waals surface area contributed by atoms with Crippen molar-refractivity contribution in [2.75, 3.05) is 39.8 Å². The fourth-order valence-corrected chi connectivity index (χ4v) is 3.94. The van der Waals surface area contributed by atoms with Crippen LogP contribution in [0.25, 0.3) is 5.65 Å². The number of pyridine rings is 1. The zero-order chi connectivity index (χ0) is 21.6. The number of aromatic nitrogens is 2. The van der Waals surface area contributed by atoms with Crippen molar-refractivity contribution in [1.82, 2.24) is 24.9 Å². The highest BCUT2D eigenvalue weighted by molar-refractivity contribution is 5.79. The highest BCUT2D eigenvalue weighted by Gasteiger charge is 2.32. The Labute approximate surface area is 175 Å². The Bertz CT molecular complexity index is 837. The molecule has 0 atom stereocenters. The molecule has 0 aliphatic carbocycles. The van der Waals surface area contributed by atoms with Gasteiger partial charge in [-0.3, -0.25) is 9.89 Å². The third kappa shape index (κ3) is 6.62. The van der Waals surface area contributed by atoms with Gasteiger partial charge in [-0.2, -0.15) is 13.2 Å². The summed E-state index contributed by atoms with van der Waals surface area (Å²) in [7, 11) is 1.74. The molecule has 2 aromatic heterocycles. The normalized spacial score (nSPS) is 16.9. The molecule has 0 aromatic carbocycles. The van der Waals surface area contributed by atoms with E-state index in [0.717, 1.165) is 61.6 Å². The molecule has 0 unspecified atom stereocenters. The van der Waals surface area contributed by atoms with E-state index in [-0.39, 0.29) is 0 Å². The lowest BCUT2D eigenvalue weighted by atomic mass is 9.93. The van der Waals surface area contributed by atoms with Crippen molar-refractivity contribution in [2.24, 2.45) is 10.9 Å². The summed E-state index contributed by atoms with van der Waals surface area (Å²) in [5.74, 6) is 1.20. The van der Waals surface area contributed by atoms with Gasteiger partial charge in [-0.15, -0.1) is 0 Å². The molecule has 0 bridgehead atoms. The third-order valence-electron chi connectivity index (χ3n) is 5.58. The van der Waals surface area contributed by atoms with Gasteiger partial charge in [0.05, 0.1) is 12.2 Å². The van der Waals surface area contributed by atoms with Crippen LogP contribution >= 0.6 is 0 Å². The van der Waals surface area contributed by atoms with Gasteiger partial charge in [0.25, 0.3) is 0 Å². The average molecular weight is 425 g/mol. The number of aliphatic imine (C=N–C) groups is 1. The molecule has 0 spiro atoms.